The molecular formula is C19H26O6S. The lowest BCUT2D eigenvalue weighted by Crippen LogP contribution is -2.49. The van der Waals surface area contributed by atoms with E-state index in [-0.39, 0.29) is 24.5 Å². The van der Waals surface area contributed by atoms with Crippen LogP contribution in [0.1, 0.15) is 39.2 Å². The van der Waals surface area contributed by atoms with Crippen LogP contribution >= 0.6 is 11.8 Å². The zero-order valence-corrected chi connectivity index (χ0v) is 16.6. The fourth-order valence-electron chi connectivity index (χ4n) is 2.80. The Morgan fingerprint density at radius 2 is 1.92 bits per heavy atom. The smallest absolute Gasteiger partial charge is 0.308 e. The van der Waals surface area contributed by atoms with Crippen molar-refractivity contribution in [2.45, 2.75) is 68.9 Å². The van der Waals surface area contributed by atoms with Crippen molar-refractivity contribution in [3.63, 3.8) is 0 Å². The summed E-state index contributed by atoms with van der Waals surface area (Å²) < 4.78 is 22.1. The van der Waals surface area contributed by atoms with Gasteiger partial charge in [0.25, 0.3) is 0 Å². The maximum absolute atomic E-state index is 11.6. The van der Waals surface area contributed by atoms with Crippen LogP contribution in [0, 0.1) is 6.92 Å². The van der Waals surface area contributed by atoms with Gasteiger partial charge in [-0.2, -0.15) is 0 Å². The number of methoxy groups -OCH3 is 1. The molecule has 0 aromatic heterocycles. The highest BCUT2D eigenvalue weighted by Gasteiger charge is 2.41. The van der Waals surface area contributed by atoms with E-state index in [1.807, 2.05) is 31.2 Å². The van der Waals surface area contributed by atoms with E-state index in [1.54, 1.807) is 13.8 Å². The summed E-state index contributed by atoms with van der Waals surface area (Å²) in [6.45, 7) is 6.95. The van der Waals surface area contributed by atoms with Crippen LogP contribution < -0.4 is 0 Å². The number of carbonyl (C=O) groups is 2. The normalized spacial score (nSPS) is 23.1. The van der Waals surface area contributed by atoms with E-state index in [2.05, 4.69) is 0 Å². The maximum atomic E-state index is 11.6. The van der Waals surface area contributed by atoms with Gasteiger partial charge in [0, 0.05) is 18.2 Å². The maximum Gasteiger partial charge on any atom is 0.308 e. The van der Waals surface area contributed by atoms with Crippen LogP contribution in [0.15, 0.2) is 29.2 Å². The molecule has 6 nitrogen and oxygen atoms in total. The van der Waals surface area contributed by atoms with Crippen molar-refractivity contribution in [2.75, 3.05) is 7.11 Å². The minimum Gasteiger partial charge on any atom is -0.469 e. The summed E-state index contributed by atoms with van der Waals surface area (Å²) in [5.41, 5.74) is 0.610. The van der Waals surface area contributed by atoms with Crippen LogP contribution in [0.5, 0.6) is 0 Å². The van der Waals surface area contributed by atoms with Gasteiger partial charge < -0.3 is 18.9 Å². The van der Waals surface area contributed by atoms with E-state index in [9.17, 15) is 9.59 Å². The van der Waals surface area contributed by atoms with Crippen LogP contribution in [-0.2, 0) is 28.5 Å². The average Bonchev–Trinajstić information content (AvgIpc) is 2.54. The zero-order valence-electron chi connectivity index (χ0n) is 15.8. The topological polar surface area (TPSA) is 71.1 Å². The molecule has 2 rings (SSSR count). The van der Waals surface area contributed by atoms with E-state index >= 15 is 0 Å². The number of thioether (sulfide) groups is 1. The van der Waals surface area contributed by atoms with E-state index in [4.69, 9.17) is 18.9 Å². The minimum absolute atomic E-state index is 0.127. The van der Waals surface area contributed by atoms with Gasteiger partial charge in [-0.25, -0.2) is 0 Å². The van der Waals surface area contributed by atoms with Crippen molar-refractivity contribution < 1.29 is 28.5 Å². The number of hydrogen-bond acceptors (Lipinski definition) is 7. The Morgan fingerprint density at radius 3 is 2.50 bits per heavy atom. The fourth-order valence-corrected chi connectivity index (χ4v) is 3.86. The molecule has 0 spiro atoms. The van der Waals surface area contributed by atoms with Crippen molar-refractivity contribution in [1.29, 1.82) is 0 Å². The second kappa shape index (κ2) is 8.88. The van der Waals surface area contributed by atoms with E-state index in [1.165, 1.54) is 25.8 Å². The molecule has 0 bridgehead atoms. The van der Waals surface area contributed by atoms with Gasteiger partial charge >= 0.3 is 11.9 Å². The molecule has 26 heavy (non-hydrogen) atoms. The Bertz CT molecular complexity index is 627. The summed E-state index contributed by atoms with van der Waals surface area (Å²) in [6, 6.07) is 7.96. The molecule has 3 atom stereocenters. The Morgan fingerprint density at radius 1 is 1.27 bits per heavy atom. The molecule has 0 saturated carbocycles. The van der Waals surface area contributed by atoms with Gasteiger partial charge in [-0.3, -0.25) is 9.59 Å². The molecule has 1 fully saturated rings. The molecule has 0 radical (unpaired) electrons. The van der Waals surface area contributed by atoms with Gasteiger partial charge in [0.1, 0.15) is 6.10 Å². The van der Waals surface area contributed by atoms with Crippen LogP contribution in [0.2, 0.25) is 0 Å². The lowest BCUT2D eigenvalue weighted by Gasteiger charge is -2.42. The van der Waals surface area contributed by atoms with Gasteiger partial charge in [-0.1, -0.05) is 29.5 Å². The SMILES string of the molecule is COC(=O)C[C@H]1C[C@H](C(OC(C)=O)Sc2ccc(C)cc2)OC(C)(C)O1. The molecular weight excluding hydrogens is 356 g/mol. The second-order valence-electron chi connectivity index (χ2n) is 6.72. The largest absolute Gasteiger partial charge is 0.469 e. The summed E-state index contributed by atoms with van der Waals surface area (Å²) in [6.07, 6.45) is -0.228. The molecule has 1 aromatic rings. The molecule has 1 aromatic carbocycles. The quantitative estimate of drug-likeness (QED) is 0.424. The predicted molar refractivity (Wildman–Crippen MR) is 97.7 cm³/mol. The molecule has 1 saturated heterocycles. The lowest BCUT2D eigenvalue weighted by molar-refractivity contribution is -0.307. The molecule has 144 valence electrons. The zero-order chi connectivity index (χ0) is 19.3. The van der Waals surface area contributed by atoms with Gasteiger partial charge in [0.15, 0.2) is 11.2 Å². The lowest BCUT2D eigenvalue weighted by atomic mass is 10.1. The first-order valence-corrected chi connectivity index (χ1v) is 9.39. The first kappa shape index (κ1) is 20.7. The highest BCUT2D eigenvalue weighted by molar-refractivity contribution is 7.99. The summed E-state index contributed by atoms with van der Waals surface area (Å²) in [5, 5.41) is 0. The number of esters is 2. The molecule has 0 N–H and O–H groups in total. The Labute approximate surface area is 158 Å². The van der Waals surface area contributed by atoms with E-state index in [0.29, 0.717) is 6.42 Å². The third-order valence-electron chi connectivity index (χ3n) is 3.86. The van der Waals surface area contributed by atoms with E-state index < -0.39 is 17.3 Å². The van der Waals surface area contributed by atoms with E-state index in [0.717, 1.165) is 10.5 Å². The van der Waals surface area contributed by atoms with Crippen molar-refractivity contribution >= 4 is 23.7 Å². The Hall–Kier alpha value is -1.57. The van der Waals surface area contributed by atoms with Gasteiger partial charge in [0.05, 0.1) is 19.6 Å². The number of hydrogen-bond donors (Lipinski definition) is 0. The monoisotopic (exact) mass is 382 g/mol. The van der Waals surface area contributed by atoms with Gasteiger partial charge in [-0.05, 0) is 32.9 Å². The van der Waals surface area contributed by atoms with Crippen LogP contribution in [-0.4, -0.2) is 42.5 Å². The summed E-state index contributed by atoms with van der Waals surface area (Å²) in [4.78, 5) is 24.2. The van der Waals surface area contributed by atoms with Gasteiger partial charge in [-0.15, -0.1) is 0 Å². The first-order valence-electron chi connectivity index (χ1n) is 8.51. The van der Waals surface area contributed by atoms with Gasteiger partial charge in [0.2, 0.25) is 0 Å². The Kier molecular flexibility index (Phi) is 7.08. The number of ether oxygens (including phenoxy) is 4. The molecule has 1 heterocycles. The Balaban J connectivity index is 2.17. The third kappa shape index (κ3) is 6.30. The number of rotatable bonds is 6. The van der Waals surface area contributed by atoms with Crippen molar-refractivity contribution in [3.05, 3.63) is 29.8 Å². The van der Waals surface area contributed by atoms with Crippen molar-refractivity contribution in [3.8, 4) is 0 Å². The molecule has 1 aliphatic heterocycles. The van der Waals surface area contributed by atoms with Crippen molar-refractivity contribution in [2.24, 2.45) is 0 Å². The van der Waals surface area contributed by atoms with Crippen LogP contribution in [0.3, 0.4) is 0 Å². The standard InChI is InChI=1S/C19H26O6S/c1-12-6-8-15(9-7-12)26-18(23-13(2)20)16-10-14(11-17(21)22-5)24-19(3,4)25-16/h6-9,14,16,18H,10-11H2,1-5H3/t14-,16-,18?/m1/s1. The molecule has 7 heteroatoms. The summed E-state index contributed by atoms with van der Waals surface area (Å²) in [5.74, 6) is -1.62. The number of benzene rings is 1. The number of aryl methyl sites for hydroxylation is 1. The highest BCUT2D eigenvalue weighted by atomic mass is 32.2. The third-order valence-corrected chi connectivity index (χ3v) is 5.04. The molecule has 1 aliphatic rings. The predicted octanol–water partition coefficient (Wildman–Crippen LogP) is 3.45. The molecule has 0 amide bonds. The second-order valence-corrected chi connectivity index (χ2v) is 7.89. The molecule has 1 unspecified atom stereocenters. The first-order chi connectivity index (χ1) is 12.2. The molecule has 0 aliphatic carbocycles. The number of carbonyl (C=O) groups excluding carboxylic acids is 2. The summed E-state index contributed by atoms with van der Waals surface area (Å²) in [7, 11) is 1.35. The minimum atomic E-state index is -0.895. The fraction of sp³-hybridized carbons (Fsp3) is 0.579. The summed E-state index contributed by atoms with van der Waals surface area (Å²) >= 11 is 1.42. The van der Waals surface area contributed by atoms with Crippen LogP contribution in [0.25, 0.3) is 0 Å². The highest BCUT2D eigenvalue weighted by Crippen LogP contribution is 2.36. The average molecular weight is 382 g/mol. The van der Waals surface area contributed by atoms with Crippen molar-refractivity contribution in [1.82, 2.24) is 0 Å². The van der Waals surface area contributed by atoms with Crippen LogP contribution in [0.4, 0.5) is 0 Å².